The maximum Gasteiger partial charge on any atom is 0.323 e. The fourth-order valence-corrected chi connectivity index (χ4v) is 4.00. The normalized spacial score (nSPS) is 10.9. The maximum absolute atomic E-state index is 12.3. The molecule has 0 fully saturated rings. The first-order valence-electron chi connectivity index (χ1n) is 8.54. The summed E-state index contributed by atoms with van der Waals surface area (Å²) < 4.78 is 1.63. The molecule has 0 saturated carbocycles. The number of hydrogen-bond donors (Lipinski definition) is 2. The van der Waals surface area contributed by atoms with Crippen LogP contribution in [-0.4, -0.2) is 27.3 Å². The van der Waals surface area contributed by atoms with Crippen molar-refractivity contribution in [2.45, 2.75) is 33.2 Å². The Bertz CT molecular complexity index is 1030. The maximum atomic E-state index is 12.3. The molecule has 1 amide bonds. The number of nitrogens with zero attached hydrogens (tertiary/aromatic N) is 1. The predicted octanol–water partition coefficient (Wildman–Crippen LogP) is 4.01. The summed E-state index contributed by atoms with van der Waals surface area (Å²) >= 11 is 1.58. The van der Waals surface area contributed by atoms with Crippen LogP contribution >= 0.6 is 11.3 Å². The van der Waals surface area contributed by atoms with Crippen LogP contribution in [0.2, 0.25) is 0 Å². The van der Waals surface area contributed by atoms with Crippen molar-refractivity contribution in [3.05, 3.63) is 51.8 Å². The number of ketones is 1. The average molecular weight is 384 g/mol. The van der Waals surface area contributed by atoms with Gasteiger partial charge in [-0.05, 0) is 44.2 Å². The summed E-state index contributed by atoms with van der Waals surface area (Å²) in [7, 11) is 0. The van der Waals surface area contributed by atoms with Crippen LogP contribution in [0.5, 0.6) is 0 Å². The zero-order valence-electron chi connectivity index (χ0n) is 15.1. The van der Waals surface area contributed by atoms with Gasteiger partial charge in [0.15, 0.2) is 5.78 Å². The first kappa shape index (κ1) is 18.8. The predicted molar refractivity (Wildman–Crippen MR) is 106 cm³/mol. The highest BCUT2D eigenvalue weighted by Crippen LogP contribution is 2.23. The van der Waals surface area contributed by atoms with Gasteiger partial charge in [-0.15, -0.1) is 11.3 Å². The molecule has 7 heteroatoms. The number of thiophene rings is 1. The molecule has 0 aliphatic carbocycles. The topological polar surface area (TPSA) is 88.4 Å². The number of amides is 1. The molecule has 6 nitrogen and oxygen atoms in total. The molecule has 27 heavy (non-hydrogen) atoms. The van der Waals surface area contributed by atoms with Crippen molar-refractivity contribution in [2.24, 2.45) is 0 Å². The van der Waals surface area contributed by atoms with Crippen molar-refractivity contribution in [3.63, 3.8) is 0 Å². The molecule has 140 valence electrons. The Morgan fingerprint density at radius 3 is 2.56 bits per heavy atom. The van der Waals surface area contributed by atoms with Gasteiger partial charge in [0.25, 0.3) is 0 Å². The molecule has 0 bridgehead atoms. The van der Waals surface area contributed by atoms with Crippen molar-refractivity contribution < 1.29 is 19.5 Å². The number of aromatic nitrogens is 1. The number of fused-ring (bicyclic) bond motifs is 1. The third-order valence-corrected chi connectivity index (χ3v) is 5.25. The minimum Gasteiger partial charge on any atom is -0.480 e. The van der Waals surface area contributed by atoms with E-state index in [2.05, 4.69) is 5.32 Å². The van der Waals surface area contributed by atoms with E-state index in [0.717, 1.165) is 20.7 Å². The van der Waals surface area contributed by atoms with Crippen LogP contribution < -0.4 is 5.32 Å². The van der Waals surface area contributed by atoms with Crippen molar-refractivity contribution in [1.29, 1.82) is 0 Å². The zero-order chi connectivity index (χ0) is 19.6. The van der Waals surface area contributed by atoms with Gasteiger partial charge in [0.2, 0.25) is 5.91 Å². The first-order chi connectivity index (χ1) is 12.8. The number of Topliss-reactive ketones (excluding diaryl/α,β-unsaturated/α-hetero) is 1. The molecule has 2 aromatic heterocycles. The van der Waals surface area contributed by atoms with E-state index in [1.165, 1.54) is 0 Å². The van der Waals surface area contributed by atoms with E-state index < -0.39 is 5.97 Å². The van der Waals surface area contributed by atoms with Crippen molar-refractivity contribution in [1.82, 2.24) is 4.57 Å². The van der Waals surface area contributed by atoms with E-state index in [4.69, 9.17) is 5.11 Å². The minimum atomic E-state index is -0.911. The molecule has 3 aromatic rings. The number of carbonyl (C=O) groups is 3. The first-order valence-corrected chi connectivity index (χ1v) is 9.36. The van der Waals surface area contributed by atoms with Gasteiger partial charge in [-0.25, -0.2) is 0 Å². The summed E-state index contributed by atoms with van der Waals surface area (Å²) in [5, 5.41) is 12.6. The summed E-state index contributed by atoms with van der Waals surface area (Å²) in [5.41, 5.74) is 2.11. The standard InChI is InChI=1S/C20H20N2O4S/c1-12-9-16(13(2)27-12)18(23)5-6-19(24)21-15-3-4-17-14(10-15)7-8-22(17)11-20(25)26/h3-4,7-10H,5-6,11H2,1-2H3,(H,21,24)(H,25,26). The highest BCUT2D eigenvalue weighted by molar-refractivity contribution is 7.12. The summed E-state index contributed by atoms with van der Waals surface area (Å²) in [4.78, 5) is 37.4. The fraction of sp³-hybridized carbons (Fsp3) is 0.250. The second-order valence-corrected chi connectivity index (χ2v) is 7.87. The number of rotatable bonds is 7. The van der Waals surface area contributed by atoms with Crippen molar-refractivity contribution >= 4 is 45.6 Å². The Balaban J connectivity index is 1.61. The summed E-state index contributed by atoms with van der Waals surface area (Å²) in [6, 6.07) is 8.97. The van der Waals surface area contributed by atoms with Gasteiger partial charge in [-0.3, -0.25) is 14.4 Å². The Hall–Kier alpha value is -2.93. The summed E-state index contributed by atoms with van der Waals surface area (Å²) in [6.45, 7) is 3.76. The van der Waals surface area contributed by atoms with Gasteiger partial charge < -0.3 is 15.0 Å². The number of carbonyl (C=O) groups excluding carboxylic acids is 2. The third-order valence-electron chi connectivity index (χ3n) is 4.28. The number of carboxylic acids is 1. The van der Waals surface area contributed by atoms with E-state index in [9.17, 15) is 14.4 Å². The third kappa shape index (κ3) is 4.43. The van der Waals surface area contributed by atoms with Crippen LogP contribution in [0.15, 0.2) is 36.5 Å². The van der Waals surface area contributed by atoms with E-state index in [-0.39, 0.29) is 31.1 Å². The molecule has 2 heterocycles. The minimum absolute atomic E-state index is 0.0202. The second kappa shape index (κ2) is 7.75. The molecule has 0 atom stereocenters. The van der Waals surface area contributed by atoms with Crippen LogP contribution in [0.4, 0.5) is 5.69 Å². The Kier molecular flexibility index (Phi) is 5.41. The van der Waals surface area contributed by atoms with Gasteiger partial charge >= 0.3 is 5.97 Å². The van der Waals surface area contributed by atoms with Crippen LogP contribution in [0, 0.1) is 13.8 Å². The molecule has 0 radical (unpaired) electrons. The van der Waals surface area contributed by atoms with Crippen LogP contribution in [-0.2, 0) is 16.1 Å². The lowest BCUT2D eigenvalue weighted by Gasteiger charge is -2.06. The van der Waals surface area contributed by atoms with Gasteiger partial charge in [0, 0.05) is 50.9 Å². The molecule has 0 unspecified atom stereocenters. The van der Waals surface area contributed by atoms with Gasteiger partial charge in [0.1, 0.15) is 6.54 Å². The van der Waals surface area contributed by atoms with Gasteiger partial charge in [-0.1, -0.05) is 0 Å². The molecule has 0 aliphatic rings. The van der Waals surface area contributed by atoms with Crippen LogP contribution in [0.25, 0.3) is 10.9 Å². The Labute approximate surface area is 160 Å². The molecular weight excluding hydrogens is 364 g/mol. The lowest BCUT2D eigenvalue weighted by atomic mass is 10.1. The highest BCUT2D eigenvalue weighted by Gasteiger charge is 2.14. The number of anilines is 1. The number of nitrogens with one attached hydrogen (secondary N) is 1. The van der Waals surface area contributed by atoms with Gasteiger partial charge in [0.05, 0.1) is 0 Å². The lowest BCUT2D eigenvalue weighted by Crippen LogP contribution is -2.13. The largest absolute Gasteiger partial charge is 0.480 e. The molecule has 0 spiro atoms. The Morgan fingerprint density at radius 2 is 1.89 bits per heavy atom. The molecule has 0 aliphatic heterocycles. The van der Waals surface area contributed by atoms with Crippen molar-refractivity contribution in [2.75, 3.05) is 5.32 Å². The van der Waals surface area contributed by atoms with Crippen LogP contribution in [0.1, 0.15) is 33.0 Å². The van der Waals surface area contributed by atoms with Gasteiger partial charge in [-0.2, -0.15) is 0 Å². The van der Waals surface area contributed by atoms with E-state index >= 15 is 0 Å². The highest BCUT2D eigenvalue weighted by atomic mass is 32.1. The van der Waals surface area contributed by atoms with E-state index in [1.54, 1.807) is 46.4 Å². The lowest BCUT2D eigenvalue weighted by molar-refractivity contribution is -0.137. The number of carboxylic acid groups (broad SMARTS) is 1. The van der Waals surface area contributed by atoms with Crippen molar-refractivity contribution in [3.8, 4) is 0 Å². The number of hydrogen-bond acceptors (Lipinski definition) is 4. The number of aryl methyl sites for hydroxylation is 2. The number of aliphatic carboxylic acids is 1. The van der Waals surface area contributed by atoms with E-state index in [1.807, 2.05) is 19.9 Å². The zero-order valence-corrected chi connectivity index (χ0v) is 15.9. The van der Waals surface area contributed by atoms with E-state index in [0.29, 0.717) is 11.3 Å². The Morgan fingerprint density at radius 1 is 1.11 bits per heavy atom. The summed E-state index contributed by atoms with van der Waals surface area (Å²) in [6.07, 6.45) is 1.99. The molecular formula is C20H20N2O4S. The van der Waals surface area contributed by atoms with Crippen LogP contribution in [0.3, 0.4) is 0 Å². The molecule has 3 rings (SSSR count). The SMILES string of the molecule is Cc1cc(C(=O)CCC(=O)Nc2ccc3c(ccn3CC(=O)O)c2)c(C)s1. The summed E-state index contributed by atoms with van der Waals surface area (Å²) in [5.74, 6) is -1.16. The monoisotopic (exact) mass is 384 g/mol. The molecule has 1 aromatic carbocycles. The molecule has 0 saturated heterocycles. The second-order valence-electron chi connectivity index (χ2n) is 6.41. The fourth-order valence-electron chi connectivity index (χ4n) is 3.05. The quantitative estimate of drug-likeness (QED) is 0.603. The molecule has 2 N–H and O–H groups in total. The number of benzene rings is 1. The smallest absolute Gasteiger partial charge is 0.323 e. The average Bonchev–Trinajstić information content (AvgIpc) is 3.14.